The van der Waals surface area contributed by atoms with Gasteiger partial charge < -0.3 is 16.2 Å². The van der Waals surface area contributed by atoms with Crippen LogP contribution < -0.4 is 11.1 Å². The SMILES string of the molecule is NC(=O)C1(NC2CCCC2)CC(C(=O)O)C1. The fourth-order valence-corrected chi connectivity index (χ4v) is 2.81. The number of aliphatic carboxylic acids is 1. The lowest BCUT2D eigenvalue weighted by Crippen LogP contribution is -2.66. The number of hydrogen-bond donors (Lipinski definition) is 3. The Labute approximate surface area is 94.4 Å². The molecule has 0 unspecified atom stereocenters. The smallest absolute Gasteiger partial charge is 0.306 e. The zero-order valence-corrected chi connectivity index (χ0v) is 9.24. The van der Waals surface area contributed by atoms with Crippen LogP contribution in [0.1, 0.15) is 38.5 Å². The molecule has 2 saturated carbocycles. The molecule has 0 aromatic carbocycles. The molecular formula is C11H18N2O3. The van der Waals surface area contributed by atoms with E-state index in [1.807, 2.05) is 0 Å². The van der Waals surface area contributed by atoms with E-state index in [-0.39, 0.29) is 0 Å². The Morgan fingerprint density at radius 1 is 1.25 bits per heavy atom. The van der Waals surface area contributed by atoms with Crippen LogP contribution in [0, 0.1) is 5.92 Å². The molecule has 4 N–H and O–H groups in total. The number of nitrogens with two attached hydrogens (primary N) is 1. The van der Waals surface area contributed by atoms with Crippen molar-refractivity contribution >= 4 is 11.9 Å². The summed E-state index contributed by atoms with van der Waals surface area (Å²) < 4.78 is 0. The molecule has 0 atom stereocenters. The molecule has 0 heterocycles. The third kappa shape index (κ3) is 1.91. The average molecular weight is 226 g/mol. The first-order valence-electron chi connectivity index (χ1n) is 5.84. The zero-order valence-electron chi connectivity index (χ0n) is 9.24. The van der Waals surface area contributed by atoms with Crippen molar-refractivity contribution in [2.45, 2.75) is 50.1 Å². The molecule has 16 heavy (non-hydrogen) atoms. The van der Waals surface area contributed by atoms with Crippen LogP contribution in [-0.4, -0.2) is 28.6 Å². The highest BCUT2D eigenvalue weighted by Crippen LogP contribution is 2.39. The second-order valence-electron chi connectivity index (χ2n) is 5.02. The van der Waals surface area contributed by atoms with Gasteiger partial charge in [0.15, 0.2) is 0 Å². The van der Waals surface area contributed by atoms with Gasteiger partial charge in [0, 0.05) is 6.04 Å². The number of nitrogens with one attached hydrogen (secondary N) is 1. The van der Waals surface area contributed by atoms with Gasteiger partial charge in [-0.1, -0.05) is 12.8 Å². The van der Waals surface area contributed by atoms with Crippen LogP contribution in [0.2, 0.25) is 0 Å². The highest BCUT2D eigenvalue weighted by atomic mass is 16.4. The first kappa shape index (κ1) is 11.4. The second kappa shape index (κ2) is 4.05. The summed E-state index contributed by atoms with van der Waals surface area (Å²) in [6.45, 7) is 0. The van der Waals surface area contributed by atoms with E-state index in [1.54, 1.807) is 0 Å². The molecule has 5 heteroatoms. The number of primary amides is 1. The van der Waals surface area contributed by atoms with Crippen LogP contribution in [0.5, 0.6) is 0 Å². The summed E-state index contributed by atoms with van der Waals surface area (Å²) >= 11 is 0. The summed E-state index contributed by atoms with van der Waals surface area (Å²) in [5, 5.41) is 12.1. The van der Waals surface area contributed by atoms with Crippen molar-refractivity contribution in [1.29, 1.82) is 0 Å². The van der Waals surface area contributed by atoms with Gasteiger partial charge in [-0.05, 0) is 25.7 Å². The van der Waals surface area contributed by atoms with Crippen molar-refractivity contribution in [1.82, 2.24) is 5.32 Å². The van der Waals surface area contributed by atoms with Gasteiger partial charge >= 0.3 is 5.97 Å². The summed E-state index contributed by atoms with van der Waals surface area (Å²) in [6, 6.07) is 0.335. The summed E-state index contributed by atoms with van der Waals surface area (Å²) in [5.74, 6) is -1.65. The maximum absolute atomic E-state index is 11.4. The minimum absolute atomic E-state index is 0.335. The predicted molar refractivity (Wildman–Crippen MR) is 57.7 cm³/mol. The van der Waals surface area contributed by atoms with Gasteiger partial charge in [-0.2, -0.15) is 0 Å². The summed E-state index contributed by atoms with van der Waals surface area (Å²) in [7, 11) is 0. The lowest BCUT2D eigenvalue weighted by atomic mass is 9.67. The molecule has 5 nitrogen and oxygen atoms in total. The number of amides is 1. The summed E-state index contributed by atoms with van der Waals surface area (Å²) in [5.41, 5.74) is 4.63. The Bertz CT molecular complexity index is 304. The van der Waals surface area contributed by atoms with E-state index < -0.39 is 23.3 Å². The minimum atomic E-state index is -0.829. The number of carboxylic acids is 1. The molecule has 1 amide bonds. The van der Waals surface area contributed by atoms with Gasteiger partial charge in [-0.15, -0.1) is 0 Å². The predicted octanol–water partition coefficient (Wildman–Crippen LogP) is 0.237. The van der Waals surface area contributed by atoms with Gasteiger partial charge in [-0.25, -0.2) is 0 Å². The topological polar surface area (TPSA) is 92.4 Å². The minimum Gasteiger partial charge on any atom is -0.481 e. The molecule has 2 aliphatic carbocycles. The van der Waals surface area contributed by atoms with Gasteiger partial charge in [0.25, 0.3) is 0 Å². The van der Waals surface area contributed by atoms with E-state index in [2.05, 4.69) is 5.32 Å². The quantitative estimate of drug-likeness (QED) is 0.640. The van der Waals surface area contributed by atoms with Gasteiger partial charge in [0.1, 0.15) is 0 Å². The highest BCUT2D eigenvalue weighted by molar-refractivity contribution is 5.88. The second-order valence-corrected chi connectivity index (χ2v) is 5.02. The molecule has 2 aliphatic rings. The number of carbonyl (C=O) groups is 2. The van der Waals surface area contributed by atoms with Crippen LogP contribution >= 0.6 is 0 Å². The van der Waals surface area contributed by atoms with Crippen molar-refractivity contribution in [3.05, 3.63) is 0 Å². The molecule has 0 aromatic heterocycles. The van der Waals surface area contributed by atoms with Crippen molar-refractivity contribution in [2.75, 3.05) is 0 Å². The lowest BCUT2D eigenvalue weighted by Gasteiger charge is -2.45. The molecule has 0 saturated heterocycles. The van der Waals surface area contributed by atoms with E-state index in [4.69, 9.17) is 10.8 Å². The maximum Gasteiger partial charge on any atom is 0.306 e. The molecule has 0 spiro atoms. The number of carboxylic acid groups (broad SMARTS) is 1. The Balaban J connectivity index is 1.96. The number of carbonyl (C=O) groups excluding carboxylic acids is 1. The van der Waals surface area contributed by atoms with E-state index in [1.165, 1.54) is 12.8 Å². The monoisotopic (exact) mass is 226 g/mol. The largest absolute Gasteiger partial charge is 0.481 e. The Morgan fingerprint density at radius 3 is 2.25 bits per heavy atom. The molecule has 2 rings (SSSR count). The van der Waals surface area contributed by atoms with Crippen LogP contribution in [0.15, 0.2) is 0 Å². The third-order valence-electron chi connectivity index (χ3n) is 3.85. The van der Waals surface area contributed by atoms with Crippen LogP contribution in [-0.2, 0) is 9.59 Å². The lowest BCUT2D eigenvalue weighted by molar-refractivity contribution is -0.151. The van der Waals surface area contributed by atoms with E-state index in [0.29, 0.717) is 18.9 Å². The van der Waals surface area contributed by atoms with Crippen LogP contribution in [0.4, 0.5) is 0 Å². The van der Waals surface area contributed by atoms with Crippen molar-refractivity contribution in [3.8, 4) is 0 Å². The van der Waals surface area contributed by atoms with Crippen LogP contribution in [0.25, 0.3) is 0 Å². The standard InChI is InChI=1S/C11H18N2O3/c12-10(16)11(5-7(6-11)9(14)15)13-8-3-1-2-4-8/h7-8,13H,1-6H2,(H2,12,16)(H,14,15). The van der Waals surface area contributed by atoms with E-state index in [0.717, 1.165) is 12.8 Å². The highest BCUT2D eigenvalue weighted by Gasteiger charge is 2.52. The Morgan fingerprint density at radius 2 is 1.81 bits per heavy atom. The third-order valence-corrected chi connectivity index (χ3v) is 3.85. The Kier molecular flexibility index (Phi) is 2.88. The van der Waals surface area contributed by atoms with Crippen molar-refractivity contribution in [3.63, 3.8) is 0 Å². The number of rotatable bonds is 4. The zero-order chi connectivity index (χ0) is 11.8. The molecule has 0 radical (unpaired) electrons. The maximum atomic E-state index is 11.4. The van der Waals surface area contributed by atoms with Crippen LogP contribution in [0.3, 0.4) is 0 Å². The summed E-state index contributed by atoms with van der Waals surface area (Å²) in [6.07, 6.45) is 5.16. The molecule has 0 aliphatic heterocycles. The fourth-order valence-electron chi connectivity index (χ4n) is 2.81. The van der Waals surface area contributed by atoms with E-state index >= 15 is 0 Å². The number of hydrogen-bond acceptors (Lipinski definition) is 3. The molecule has 90 valence electrons. The van der Waals surface area contributed by atoms with Gasteiger partial charge in [-0.3, -0.25) is 9.59 Å². The normalized spacial score (nSPS) is 34.6. The molecule has 2 fully saturated rings. The fraction of sp³-hybridized carbons (Fsp3) is 0.818. The first-order chi connectivity index (χ1) is 7.53. The van der Waals surface area contributed by atoms with Crippen molar-refractivity contribution < 1.29 is 14.7 Å². The first-order valence-corrected chi connectivity index (χ1v) is 5.84. The summed E-state index contributed by atoms with van der Waals surface area (Å²) in [4.78, 5) is 22.2. The van der Waals surface area contributed by atoms with Crippen molar-refractivity contribution in [2.24, 2.45) is 11.7 Å². The molecular weight excluding hydrogens is 208 g/mol. The van der Waals surface area contributed by atoms with E-state index in [9.17, 15) is 9.59 Å². The van der Waals surface area contributed by atoms with Gasteiger partial charge in [0.05, 0.1) is 11.5 Å². The molecule has 0 bridgehead atoms. The Hall–Kier alpha value is -1.10. The average Bonchev–Trinajstić information content (AvgIpc) is 2.61. The van der Waals surface area contributed by atoms with Gasteiger partial charge in [0.2, 0.25) is 5.91 Å². The molecule has 0 aromatic rings.